The molecule has 0 spiro atoms. The van der Waals surface area contributed by atoms with Gasteiger partial charge in [-0.3, -0.25) is 9.78 Å². The second-order valence-corrected chi connectivity index (χ2v) is 6.19. The molecule has 25 heavy (non-hydrogen) atoms. The number of pyridine rings is 1. The first-order valence-corrected chi connectivity index (χ1v) is 8.14. The van der Waals surface area contributed by atoms with Crippen LogP contribution in [0.4, 0.5) is 17.1 Å². The summed E-state index contributed by atoms with van der Waals surface area (Å²) in [5.74, 6) is -0.150. The topological polar surface area (TPSA) is 98.0 Å². The van der Waals surface area contributed by atoms with Crippen LogP contribution in [0.1, 0.15) is 12.5 Å². The van der Waals surface area contributed by atoms with E-state index in [9.17, 15) is 15.2 Å². The van der Waals surface area contributed by atoms with E-state index >= 15 is 0 Å². The predicted molar refractivity (Wildman–Crippen MR) is 99.9 cm³/mol. The lowest BCUT2D eigenvalue weighted by atomic mass is 10.1. The Balaban J connectivity index is 2.20. The average molecular weight is 397 g/mol. The second-order valence-electron chi connectivity index (χ2n) is 5.33. The summed E-state index contributed by atoms with van der Waals surface area (Å²) in [5, 5.41) is 26.0. The molecule has 0 aliphatic heterocycles. The van der Waals surface area contributed by atoms with Crippen molar-refractivity contribution >= 4 is 49.8 Å². The molecule has 0 fully saturated rings. The number of nitrogens with one attached hydrogen (secondary N) is 2. The number of halogens is 1. The van der Waals surface area contributed by atoms with Crippen LogP contribution in [0.3, 0.4) is 0 Å². The summed E-state index contributed by atoms with van der Waals surface area (Å²) < 4.78 is 0.652. The van der Waals surface area contributed by atoms with Gasteiger partial charge in [0.1, 0.15) is 11.8 Å². The summed E-state index contributed by atoms with van der Waals surface area (Å²) in [5.41, 5.74) is 2.51. The zero-order chi connectivity index (χ0) is 18.0. The first kappa shape index (κ1) is 16.7. The average Bonchev–Trinajstić information content (AvgIpc) is 2.57. The summed E-state index contributed by atoms with van der Waals surface area (Å²) in [6.07, 6.45) is 1.47. The van der Waals surface area contributed by atoms with Crippen LogP contribution in [0.2, 0.25) is 0 Å². The highest BCUT2D eigenvalue weighted by Crippen LogP contribution is 2.37. The first-order valence-electron chi connectivity index (χ1n) is 7.34. The van der Waals surface area contributed by atoms with Gasteiger partial charge in [0.15, 0.2) is 0 Å². The van der Waals surface area contributed by atoms with Crippen LogP contribution in [0, 0.1) is 11.3 Å². The van der Waals surface area contributed by atoms with E-state index in [2.05, 4.69) is 37.6 Å². The largest absolute Gasteiger partial charge is 0.506 e. The number of rotatable bonds is 3. The third kappa shape index (κ3) is 3.39. The van der Waals surface area contributed by atoms with Crippen LogP contribution < -0.4 is 10.6 Å². The van der Waals surface area contributed by atoms with E-state index in [0.29, 0.717) is 38.0 Å². The lowest BCUT2D eigenvalue weighted by Crippen LogP contribution is -2.06. The van der Waals surface area contributed by atoms with E-state index in [-0.39, 0.29) is 11.7 Å². The Hall–Kier alpha value is -3.11. The molecule has 0 unspecified atom stereocenters. The second kappa shape index (κ2) is 6.79. The van der Waals surface area contributed by atoms with Crippen molar-refractivity contribution in [1.29, 1.82) is 5.26 Å². The molecule has 7 heteroatoms. The smallest absolute Gasteiger partial charge is 0.221 e. The molecule has 0 aliphatic rings. The minimum atomic E-state index is -0.193. The van der Waals surface area contributed by atoms with Crippen molar-refractivity contribution in [3.05, 3.63) is 52.6 Å². The van der Waals surface area contributed by atoms with Crippen LogP contribution >= 0.6 is 15.9 Å². The Labute approximate surface area is 152 Å². The maximum absolute atomic E-state index is 11.3. The van der Waals surface area contributed by atoms with Gasteiger partial charge in [-0.15, -0.1) is 0 Å². The van der Waals surface area contributed by atoms with Crippen LogP contribution in [0.15, 0.2) is 47.1 Å². The van der Waals surface area contributed by atoms with E-state index in [0.717, 1.165) is 0 Å². The maximum Gasteiger partial charge on any atom is 0.221 e. The van der Waals surface area contributed by atoms with E-state index < -0.39 is 0 Å². The molecule has 2 aromatic carbocycles. The Bertz CT molecular complexity index is 1010. The number of carbonyl (C=O) groups excluding carboxylic acids is 1. The fourth-order valence-corrected chi connectivity index (χ4v) is 2.91. The Morgan fingerprint density at radius 1 is 1.28 bits per heavy atom. The molecule has 0 saturated carbocycles. The molecule has 124 valence electrons. The lowest BCUT2D eigenvalue weighted by molar-refractivity contribution is -0.114. The molecule has 1 heterocycles. The van der Waals surface area contributed by atoms with Gasteiger partial charge in [0.2, 0.25) is 5.91 Å². The molecule has 0 atom stereocenters. The zero-order valence-electron chi connectivity index (χ0n) is 13.2. The lowest BCUT2D eigenvalue weighted by Gasteiger charge is -2.14. The Morgan fingerprint density at radius 3 is 2.76 bits per heavy atom. The third-order valence-corrected chi connectivity index (χ3v) is 4.21. The minimum Gasteiger partial charge on any atom is -0.506 e. The first-order chi connectivity index (χ1) is 12.0. The van der Waals surface area contributed by atoms with Crippen molar-refractivity contribution in [3.8, 4) is 11.8 Å². The van der Waals surface area contributed by atoms with Crippen LogP contribution in [-0.4, -0.2) is 16.0 Å². The molecule has 0 saturated heterocycles. The molecular formula is C18H13BrN4O2. The number of aromatic hydroxyl groups is 1. The number of aromatic nitrogens is 1. The Kier molecular flexibility index (Phi) is 4.55. The molecular weight excluding hydrogens is 384 g/mol. The predicted octanol–water partition coefficient (Wildman–Crippen LogP) is 4.28. The number of hydrogen-bond acceptors (Lipinski definition) is 5. The summed E-state index contributed by atoms with van der Waals surface area (Å²) in [4.78, 5) is 15.6. The molecule has 1 amide bonds. The third-order valence-electron chi connectivity index (χ3n) is 3.55. The number of carbonyl (C=O) groups is 1. The number of phenolic OH excluding ortho intramolecular Hbond substituents is 1. The molecule has 0 aliphatic carbocycles. The number of amides is 1. The van der Waals surface area contributed by atoms with Gasteiger partial charge < -0.3 is 15.7 Å². The summed E-state index contributed by atoms with van der Waals surface area (Å²) >= 11 is 3.38. The number of phenols is 1. The van der Waals surface area contributed by atoms with Gasteiger partial charge in [-0.2, -0.15) is 5.26 Å². The van der Waals surface area contributed by atoms with E-state index in [1.54, 1.807) is 36.4 Å². The van der Waals surface area contributed by atoms with Crippen molar-refractivity contribution in [2.75, 3.05) is 10.6 Å². The highest BCUT2D eigenvalue weighted by atomic mass is 79.9. The number of anilines is 3. The number of benzene rings is 2. The number of hydrogen-bond donors (Lipinski definition) is 3. The SMILES string of the molecule is CC(=O)Nc1ccc2ncc(C#N)c(Nc3c(O)cccc3Br)c2c1. The quantitative estimate of drug-likeness (QED) is 0.574. The van der Waals surface area contributed by atoms with Gasteiger partial charge in [-0.1, -0.05) is 6.07 Å². The molecule has 0 radical (unpaired) electrons. The zero-order valence-corrected chi connectivity index (χ0v) is 14.8. The number of nitriles is 1. The standard InChI is InChI=1S/C18H13BrN4O2/c1-10(24)22-12-5-6-15-13(7-12)17(11(8-20)9-21-15)23-18-14(19)3-2-4-16(18)25/h2-7,9,25H,1H3,(H,21,23)(H,22,24). The molecule has 0 bridgehead atoms. The van der Waals surface area contributed by atoms with Crippen LogP contribution in [0.5, 0.6) is 5.75 Å². The summed E-state index contributed by atoms with van der Waals surface area (Å²) in [6, 6.07) is 12.4. The van der Waals surface area contributed by atoms with E-state index in [1.807, 2.05) is 0 Å². The number of para-hydroxylation sites is 1. The van der Waals surface area contributed by atoms with Gasteiger partial charge in [0.05, 0.1) is 22.5 Å². The van der Waals surface area contributed by atoms with Gasteiger partial charge >= 0.3 is 0 Å². The highest BCUT2D eigenvalue weighted by molar-refractivity contribution is 9.10. The molecule has 6 nitrogen and oxygen atoms in total. The molecule has 1 aromatic heterocycles. The van der Waals surface area contributed by atoms with Gasteiger partial charge in [-0.05, 0) is 46.3 Å². The molecule has 3 N–H and O–H groups in total. The molecule has 3 aromatic rings. The van der Waals surface area contributed by atoms with E-state index in [4.69, 9.17) is 0 Å². The number of nitrogens with zero attached hydrogens (tertiary/aromatic N) is 2. The van der Waals surface area contributed by atoms with E-state index in [1.165, 1.54) is 13.1 Å². The fraction of sp³-hybridized carbons (Fsp3) is 0.0556. The Morgan fingerprint density at radius 2 is 2.08 bits per heavy atom. The number of fused-ring (bicyclic) bond motifs is 1. The summed E-state index contributed by atoms with van der Waals surface area (Å²) in [6.45, 7) is 1.42. The van der Waals surface area contributed by atoms with Gasteiger partial charge in [-0.25, -0.2) is 0 Å². The maximum atomic E-state index is 11.3. The van der Waals surface area contributed by atoms with Crippen LogP contribution in [0.25, 0.3) is 10.9 Å². The van der Waals surface area contributed by atoms with Crippen molar-refractivity contribution < 1.29 is 9.90 Å². The fourth-order valence-electron chi connectivity index (χ4n) is 2.45. The highest BCUT2D eigenvalue weighted by Gasteiger charge is 2.14. The molecule has 3 rings (SSSR count). The summed E-state index contributed by atoms with van der Waals surface area (Å²) in [7, 11) is 0. The van der Waals surface area contributed by atoms with Gasteiger partial charge in [0.25, 0.3) is 0 Å². The van der Waals surface area contributed by atoms with Crippen molar-refractivity contribution in [3.63, 3.8) is 0 Å². The normalized spacial score (nSPS) is 10.3. The van der Waals surface area contributed by atoms with Gasteiger partial charge in [0, 0.05) is 28.7 Å². The monoisotopic (exact) mass is 396 g/mol. The minimum absolute atomic E-state index is 0.0428. The van der Waals surface area contributed by atoms with Crippen LogP contribution in [-0.2, 0) is 4.79 Å². The van der Waals surface area contributed by atoms with Crippen molar-refractivity contribution in [2.45, 2.75) is 6.92 Å². The van der Waals surface area contributed by atoms with Crippen molar-refractivity contribution in [1.82, 2.24) is 4.98 Å². The van der Waals surface area contributed by atoms with Crippen molar-refractivity contribution in [2.24, 2.45) is 0 Å².